The molecule has 0 aromatic heterocycles. The number of aliphatic hydroxyl groups excluding tert-OH is 2. The molecule has 1 rings (SSSR count). The number of carbonyl (C=O) groups is 2. The maximum absolute atomic E-state index is 12.1. The summed E-state index contributed by atoms with van der Waals surface area (Å²) in [4.78, 5) is 22.6. The van der Waals surface area contributed by atoms with E-state index in [1.165, 1.54) is 0 Å². The molecule has 2 unspecified atom stereocenters. The summed E-state index contributed by atoms with van der Waals surface area (Å²) in [6.45, 7) is 2.12. The van der Waals surface area contributed by atoms with Crippen LogP contribution in [0.4, 0.5) is 0 Å². The first kappa shape index (κ1) is 21.8. The standard InChI is InChI=1S/C20H34O5/c1-2-3-6-9-15(21)12-13-17-16(18(22)14-19(17)23)10-7-4-5-8-11-20(24)25/h12-13,15-18,21-22H,2-11,14H2,1H3,(H,24,25)/b13-12+/t15-,16?,17?,18-/m0/s1. The number of rotatable bonds is 13. The number of allylic oxidation sites excluding steroid dienone is 1. The molecule has 4 atom stereocenters. The lowest BCUT2D eigenvalue weighted by Gasteiger charge is -2.18. The third-order valence-corrected chi connectivity index (χ3v) is 5.06. The first-order valence-corrected chi connectivity index (χ1v) is 9.74. The van der Waals surface area contributed by atoms with Gasteiger partial charge in [-0.3, -0.25) is 9.59 Å². The Morgan fingerprint density at radius 2 is 1.92 bits per heavy atom. The largest absolute Gasteiger partial charge is 0.481 e. The van der Waals surface area contributed by atoms with E-state index in [9.17, 15) is 19.8 Å². The maximum Gasteiger partial charge on any atom is 0.303 e. The van der Waals surface area contributed by atoms with Crippen molar-refractivity contribution in [2.24, 2.45) is 11.8 Å². The van der Waals surface area contributed by atoms with Crippen LogP contribution in [0.3, 0.4) is 0 Å². The molecular formula is C20H34O5. The molecule has 144 valence electrons. The molecule has 5 heteroatoms. The molecule has 0 saturated heterocycles. The lowest BCUT2D eigenvalue weighted by atomic mass is 9.88. The average molecular weight is 354 g/mol. The summed E-state index contributed by atoms with van der Waals surface area (Å²) in [6.07, 6.45) is 10.8. The van der Waals surface area contributed by atoms with E-state index in [0.29, 0.717) is 12.8 Å². The van der Waals surface area contributed by atoms with Crippen LogP contribution in [0.2, 0.25) is 0 Å². The van der Waals surface area contributed by atoms with Gasteiger partial charge in [-0.2, -0.15) is 0 Å². The van der Waals surface area contributed by atoms with E-state index in [1.807, 2.05) is 0 Å². The summed E-state index contributed by atoms with van der Waals surface area (Å²) in [5.41, 5.74) is 0. The normalized spacial score (nSPS) is 24.9. The predicted molar refractivity (Wildman–Crippen MR) is 97.2 cm³/mol. The van der Waals surface area contributed by atoms with Crippen molar-refractivity contribution in [1.29, 1.82) is 0 Å². The van der Waals surface area contributed by atoms with Crippen LogP contribution >= 0.6 is 0 Å². The number of hydrogen-bond donors (Lipinski definition) is 3. The van der Waals surface area contributed by atoms with Crippen LogP contribution in [0.5, 0.6) is 0 Å². The lowest BCUT2D eigenvalue weighted by Crippen LogP contribution is -2.19. The molecule has 1 fully saturated rings. The molecule has 0 spiro atoms. The van der Waals surface area contributed by atoms with E-state index < -0.39 is 18.2 Å². The van der Waals surface area contributed by atoms with Crippen molar-refractivity contribution in [2.45, 2.75) is 89.8 Å². The SMILES string of the molecule is CCCCC[C@H](O)/C=C/C1C(=O)C[C@H](O)C1CCCCCCC(=O)O. The van der Waals surface area contributed by atoms with Gasteiger partial charge in [0.25, 0.3) is 0 Å². The van der Waals surface area contributed by atoms with Gasteiger partial charge < -0.3 is 15.3 Å². The molecule has 0 heterocycles. The number of unbranched alkanes of at least 4 members (excludes halogenated alkanes) is 5. The van der Waals surface area contributed by atoms with Gasteiger partial charge in [-0.15, -0.1) is 0 Å². The highest BCUT2D eigenvalue weighted by atomic mass is 16.4. The predicted octanol–water partition coefficient (Wildman–Crippen LogP) is 3.48. The molecular weight excluding hydrogens is 320 g/mol. The molecule has 0 aromatic carbocycles. The first-order chi connectivity index (χ1) is 12.0. The average Bonchev–Trinajstić information content (AvgIpc) is 2.82. The number of carboxylic acids is 1. The molecule has 25 heavy (non-hydrogen) atoms. The number of carboxylic acid groups (broad SMARTS) is 1. The molecule has 1 saturated carbocycles. The van der Waals surface area contributed by atoms with Crippen molar-refractivity contribution in [3.05, 3.63) is 12.2 Å². The maximum atomic E-state index is 12.1. The fourth-order valence-corrected chi connectivity index (χ4v) is 3.55. The number of hydrogen-bond acceptors (Lipinski definition) is 4. The molecule has 1 aliphatic carbocycles. The number of Topliss-reactive ketones (excluding diaryl/α,β-unsaturated/α-hetero) is 1. The topological polar surface area (TPSA) is 94.8 Å². The zero-order valence-electron chi connectivity index (χ0n) is 15.4. The third kappa shape index (κ3) is 8.63. The van der Waals surface area contributed by atoms with Crippen molar-refractivity contribution in [3.8, 4) is 0 Å². The zero-order valence-corrected chi connectivity index (χ0v) is 15.4. The second-order valence-electron chi connectivity index (χ2n) is 7.22. The number of carbonyl (C=O) groups excluding carboxylic acids is 1. The molecule has 3 N–H and O–H groups in total. The Labute approximate surface area is 151 Å². The van der Waals surface area contributed by atoms with Gasteiger partial charge in [0.15, 0.2) is 0 Å². The van der Waals surface area contributed by atoms with Gasteiger partial charge in [0.1, 0.15) is 5.78 Å². The Kier molecular flexibility index (Phi) is 10.7. The van der Waals surface area contributed by atoms with Gasteiger partial charge in [-0.1, -0.05) is 57.6 Å². The van der Waals surface area contributed by atoms with Gasteiger partial charge in [-0.25, -0.2) is 0 Å². The van der Waals surface area contributed by atoms with Crippen molar-refractivity contribution in [1.82, 2.24) is 0 Å². The monoisotopic (exact) mass is 354 g/mol. The fraction of sp³-hybridized carbons (Fsp3) is 0.800. The van der Waals surface area contributed by atoms with Crippen molar-refractivity contribution >= 4 is 11.8 Å². The Balaban J connectivity index is 2.39. The van der Waals surface area contributed by atoms with Crippen LogP contribution < -0.4 is 0 Å². The minimum absolute atomic E-state index is 0.0559. The van der Waals surface area contributed by atoms with Crippen LogP contribution in [0.1, 0.15) is 77.6 Å². The van der Waals surface area contributed by atoms with Crippen LogP contribution in [0.15, 0.2) is 12.2 Å². The second-order valence-corrected chi connectivity index (χ2v) is 7.22. The Hall–Kier alpha value is -1.20. The summed E-state index contributed by atoms with van der Waals surface area (Å²) in [5, 5.41) is 28.7. The zero-order chi connectivity index (χ0) is 18.7. The summed E-state index contributed by atoms with van der Waals surface area (Å²) in [6, 6.07) is 0. The van der Waals surface area contributed by atoms with Crippen LogP contribution in [0.25, 0.3) is 0 Å². The van der Waals surface area contributed by atoms with E-state index in [1.54, 1.807) is 12.2 Å². The molecule has 0 aromatic rings. The van der Waals surface area contributed by atoms with E-state index in [2.05, 4.69) is 6.92 Å². The Morgan fingerprint density at radius 1 is 1.20 bits per heavy atom. The van der Waals surface area contributed by atoms with Crippen molar-refractivity contribution < 1.29 is 24.9 Å². The van der Waals surface area contributed by atoms with Gasteiger partial charge in [0, 0.05) is 18.8 Å². The molecule has 0 aliphatic heterocycles. The van der Waals surface area contributed by atoms with Crippen molar-refractivity contribution in [2.75, 3.05) is 0 Å². The smallest absolute Gasteiger partial charge is 0.303 e. The molecule has 1 aliphatic rings. The van der Waals surface area contributed by atoms with Gasteiger partial charge in [-0.05, 0) is 25.2 Å². The molecule has 0 bridgehead atoms. The summed E-state index contributed by atoms with van der Waals surface area (Å²) < 4.78 is 0. The molecule has 0 radical (unpaired) electrons. The number of aliphatic hydroxyl groups is 2. The Morgan fingerprint density at radius 3 is 2.60 bits per heavy atom. The highest BCUT2D eigenvalue weighted by Crippen LogP contribution is 2.34. The van der Waals surface area contributed by atoms with E-state index >= 15 is 0 Å². The number of aliphatic carboxylic acids is 1. The highest BCUT2D eigenvalue weighted by molar-refractivity contribution is 5.85. The van der Waals surface area contributed by atoms with E-state index in [4.69, 9.17) is 5.11 Å². The fourth-order valence-electron chi connectivity index (χ4n) is 3.55. The van der Waals surface area contributed by atoms with Crippen molar-refractivity contribution in [3.63, 3.8) is 0 Å². The lowest BCUT2D eigenvalue weighted by molar-refractivity contribution is -0.137. The van der Waals surface area contributed by atoms with Crippen LogP contribution in [0, 0.1) is 11.8 Å². The van der Waals surface area contributed by atoms with Crippen LogP contribution in [-0.4, -0.2) is 39.3 Å². The summed E-state index contributed by atoms with van der Waals surface area (Å²) in [5.74, 6) is -1.08. The minimum atomic E-state index is -0.764. The second kappa shape index (κ2) is 12.2. The third-order valence-electron chi connectivity index (χ3n) is 5.06. The minimum Gasteiger partial charge on any atom is -0.481 e. The summed E-state index contributed by atoms with van der Waals surface area (Å²) >= 11 is 0. The van der Waals surface area contributed by atoms with Gasteiger partial charge in [0.2, 0.25) is 0 Å². The van der Waals surface area contributed by atoms with E-state index in [-0.39, 0.29) is 30.5 Å². The van der Waals surface area contributed by atoms with E-state index in [0.717, 1.165) is 44.9 Å². The van der Waals surface area contributed by atoms with Gasteiger partial charge in [0.05, 0.1) is 12.2 Å². The molecule has 5 nitrogen and oxygen atoms in total. The Bertz CT molecular complexity index is 432. The number of ketones is 1. The molecule has 0 amide bonds. The summed E-state index contributed by atoms with van der Waals surface area (Å²) in [7, 11) is 0. The highest BCUT2D eigenvalue weighted by Gasteiger charge is 2.39. The first-order valence-electron chi connectivity index (χ1n) is 9.74. The van der Waals surface area contributed by atoms with Crippen LogP contribution in [-0.2, 0) is 9.59 Å². The van der Waals surface area contributed by atoms with Gasteiger partial charge >= 0.3 is 5.97 Å². The quantitative estimate of drug-likeness (QED) is 0.348.